The average Bonchev–Trinajstić information content (AvgIpc) is 3.15. The van der Waals surface area contributed by atoms with Crippen LogP contribution in [0.2, 0.25) is 0 Å². The van der Waals surface area contributed by atoms with Crippen LogP contribution in [0.25, 0.3) is 0 Å². The molecule has 3 unspecified atom stereocenters. The lowest BCUT2D eigenvalue weighted by Gasteiger charge is -2.39. The summed E-state index contributed by atoms with van der Waals surface area (Å²) in [5, 5.41) is 6.15. The molecule has 7 nitrogen and oxygen atoms in total. The number of rotatable bonds is 5. The fraction of sp³-hybridized carbons (Fsp3) is 0.652. The number of anilines is 1. The Morgan fingerprint density at radius 2 is 1.83 bits per heavy atom. The molecule has 3 atom stereocenters. The third-order valence-electron chi connectivity index (χ3n) is 7.20. The highest BCUT2D eigenvalue weighted by Gasteiger charge is 2.47. The molecule has 0 aromatic heterocycles. The molecule has 1 aromatic carbocycles. The zero-order chi connectivity index (χ0) is 21.1. The number of carbonyl (C=O) groups excluding carboxylic acids is 2. The fourth-order valence-corrected chi connectivity index (χ4v) is 5.37. The minimum atomic E-state index is -0.0634. The average molecular weight is 414 g/mol. The molecule has 3 aliphatic rings. The van der Waals surface area contributed by atoms with Crippen LogP contribution >= 0.6 is 0 Å². The number of amides is 2. The highest BCUT2D eigenvalue weighted by atomic mass is 16.2. The maximum absolute atomic E-state index is 13.0. The largest absolute Gasteiger partial charge is 0.353 e. The lowest BCUT2D eigenvalue weighted by atomic mass is 10.0. The summed E-state index contributed by atoms with van der Waals surface area (Å²) >= 11 is 0. The van der Waals surface area contributed by atoms with Crippen LogP contribution in [0.3, 0.4) is 0 Å². The van der Waals surface area contributed by atoms with E-state index in [2.05, 4.69) is 39.4 Å². The van der Waals surface area contributed by atoms with E-state index in [1.165, 1.54) is 0 Å². The summed E-state index contributed by atoms with van der Waals surface area (Å²) in [6.45, 7) is 3.81. The first-order valence-corrected chi connectivity index (χ1v) is 11.3. The minimum absolute atomic E-state index is 0.0288. The zero-order valence-corrected chi connectivity index (χ0v) is 18.2. The van der Waals surface area contributed by atoms with Crippen molar-refractivity contribution in [2.75, 3.05) is 45.6 Å². The predicted octanol–water partition coefficient (Wildman–Crippen LogP) is 1.37. The Morgan fingerprint density at radius 1 is 1.10 bits per heavy atom. The number of benzene rings is 1. The maximum atomic E-state index is 13.0. The van der Waals surface area contributed by atoms with E-state index in [9.17, 15) is 9.59 Å². The molecule has 30 heavy (non-hydrogen) atoms. The van der Waals surface area contributed by atoms with Gasteiger partial charge in [0.2, 0.25) is 11.8 Å². The normalized spacial score (nSPS) is 29.3. The summed E-state index contributed by atoms with van der Waals surface area (Å²) in [6, 6.07) is 10.4. The second kappa shape index (κ2) is 9.45. The van der Waals surface area contributed by atoms with Gasteiger partial charge in [-0.3, -0.25) is 19.4 Å². The maximum Gasteiger partial charge on any atom is 0.239 e. The summed E-state index contributed by atoms with van der Waals surface area (Å²) in [5.74, 6) is 0.195. The van der Waals surface area contributed by atoms with Crippen molar-refractivity contribution in [3.8, 4) is 0 Å². The first-order valence-electron chi connectivity index (χ1n) is 11.3. The zero-order valence-electron chi connectivity index (χ0n) is 18.2. The number of nitrogens with zero attached hydrogens (tertiary/aromatic N) is 3. The van der Waals surface area contributed by atoms with Gasteiger partial charge in [-0.2, -0.15) is 0 Å². The van der Waals surface area contributed by atoms with Crippen LogP contribution in [0, 0.1) is 0 Å². The summed E-state index contributed by atoms with van der Waals surface area (Å²) in [5.41, 5.74) is 0.828. The van der Waals surface area contributed by atoms with E-state index in [1.807, 2.05) is 30.3 Å². The van der Waals surface area contributed by atoms with Gasteiger partial charge in [0, 0.05) is 43.3 Å². The van der Waals surface area contributed by atoms with Gasteiger partial charge < -0.3 is 15.5 Å². The summed E-state index contributed by atoms with van der Waals surface area (Å²) in [4.78, 5) is 32.6. The SMILES string of the molecule is CN1CCC(N2CCC3C2C(=O)NCC(CCC(=O)Nc2ccccc2)N3C)CC1. The van der Waals surface area contributed by atoms with Gasteiger partial charge in [0.05, 0.1) is 0 Å². The molecule has 0 saturated carbocycles. The van der Waals surface area contributed by atoms with Gasteiger partial charge in [-0.05, 0) is 65.0 Å². The van der Waals surface area contributed by atoms with Gasteiger partial charge in [0.15, 0.2) is 0 Å². The molecule has 2 amide bonds. The molecular weight excluding hydrogens is 378 g/mol. The molecule has 2 N–H and O–H groups in total. The smallest absolute Gasteiger partial charge is 0.239 e. The third kappa shape index (κ3) is 4.68. The number of likely N-dealkylation sites (N-methyl/N-ethyl adjacent to an activating group) is 1. The topological polar surface area (TPSA) is 67.9 Å². The van der Waals surface area contributed by atoms with E-state index in [4.69, 9.17) is 0 Å². The van der Waals surface area contributed by atoms with Gasteiger partial charge in [-0.1, -0.05) is 18.2 Å². The van der Waals surface area contributed by atoms with Gasteiger partial charge in [-0.15, -0.1) is 0 Å². The van der Waals surface area contributed by atoms with Crippen LogP contribution in [0.5, 0.6) is 0 Å². The monoisotopic (exact) mass is 413 g/mol. The molecule has 3 fully saturated rings. The molecule has 7 heteroatoms. The molecule has 3 aliphatic heterocycles. The highest BCUT2D eigenvalue weighted by molar-refractivity contribution is 5.90. The number of carbonyl (C=O) groups is 2. The number of nitrogens with one attached hydrogen (secondary N) is 2. The molecule has 3 saturated heterocycles. The second-order valence-electron chi connectivity index (χ2n) is 9.09. The predicted molar refractivity (Wildman–Crippen MR) is 118 cm³/mol. The van der Waals surface area contributed by atoms with Gasteiger partial charge in [-0.25, -0.2) is 0 Å². The van der Waals surface area contributed by atoms with Crippen molar-refractivity contribution in [1.82, 2.24) is 20.0 Å². The van der Waals surface area contributed by atoms with Crippen molar-refractivity contribution < 1.29 is 9.59 Å². The van der Waals surface area contributed by atoms with Gasteiger partial charge in [0.1, 0.15) is 6.04 Å². The summed E-state index contributed by atoms with van der Waals surface area (Å²) < 4.78 is 0. The summed E-state index contributed by atoms with van der Waals surface area (Å²) in [7, 11) is 4.31. The number of piperidine rings is 1. The Morgan fingerprint density at radius 3 is 2.57 bits per heavy atom. The van der Waals surface area contributed by atoms with Crippen LogP contribution in [-0.4, -0.2) is 91.0 Å². The van der Waals surface area contributed by atoms with E-state index in [0.717, 1.165) is 51.0 Å². The Kier molecular flexibility index (Phi) is 6.71. The van der Waals surface area contributed by atoms with Crippen molar-refractivity contribution >= 4 is 17.5 Å². The Labute approximate surface area is 179 Å². The first kappa shape index (κ1) is 21.3. The fourth-order valence-electron chi connectivity index (χ4n) is 5.37. The van der Waals surface area contributed by atoms with Crippen LogP contribution < -0.4 is 10.6 Å². The molecular formula is C23H35N5O2. The van der Waals surface area contributed by atoms with E-state index in [-0.39, 0.29) is 29.9 Å². The first-order chi connectivity index (χ1) is 14.5. The Hall–Kier alpha value is -1.96. The van der Waals surface area contributed by atoms with Crippen LogP contribution in [0.4, 0.5) is 5.69 Å². The van der Waals surface area contributed by atoms with E-state index >= 15 is 0 Å². The van der Waals surface area contributed by atoms with Crippen molar-refractivity contribution in [3.05, 3.63) is 30.3 Å². The number of para-hydroxylation sites is 1. The number of hydrogen-bond acceptors (Lipinski definition) is 5. The second-order valence-corrected chi connectivity index (χ2v) is 9.09. The standard InChI is InChI=1S/C23H35N5O2/c1-26-13-10-18(11-14-26)28-15-12-20-22(28)23(30)24-16-19(27(20)2)8-9-21(29)25-17-6-4-3-5-7-17/h3-7,18-20,22H,8-16H2,1-2H3,(H,24,30)(H,25,29). The Bertz CT molecular complexity index is 734. The highest BCUT2D eigenvalue weighted by Crippen LogP contribution is 2.31. The Balaban J connectivity index is 1.35. The lowest BCUT2D eigenvalue weighted by molar-refractivity contribution is -0.127. The third-order valence-corrected chi connectivity index (χ3v) is 7.20. The van der Waals surface area contributed by atoms with Crippen LogP contribution in [-0.2, 0) is 9.59 Å². The number of likely N-dealkylation sites (tertiary alicyclic amines) is 2. The van der Waals surface area contributed by atoms with Crippen molar-refractivity contribution in [1.29, 1.82) is 0 Å². The van der Waals surface area contributed by atoms with E-state index in [1.54, 1.807) is 0 Å². The van der Waals surface area contributed by atoms with E-state index in [0.29, 0.717) is 19.0 Å². The minimum Gasteiger partial charge on any atom is -0.353 e. The van der Waals surface area contributed by atoms with Crippen molar-refractivity contribution in [2.24, 2.45) is 0 Å². The molecule has 0 spiro atoms. The van der Waals surface area contributed by atoms with Crippen molar-refractivity contribution in [2.45, 2.75) is 56.3 Å². The van der Waals surface area contributed by atoms with E-state index < -0.39 is 0 Å². The van der Waals surface area contributed by atoms with Crippen LogP contribution in [0.15, 0.2) is 30.3 Å². The molecule has 3 heterocycles. The number of hydrogen-bond donors (Lipinski definition) is 2. The lowest BCUT2D eigenvalue weighted by Crippen LogP contribution is -2.54. The van der Waals surface area contributed by atoms with Crippen LogP contribution in [0.1, 0.15) is 32.1 Å². The summed E-state index contributed by atoms with van der Waals surface area (Å²) in [6.07, 6.45) is 4.50. The molecule has 0 radical (unpaired) electrons. The van der Waals surface area contributed by atoms with Gasteiger partial charge in [0.25, 0.3) is 0 Å². The molecule has 0 aliphatic carbocycles. The molecule has 4 rings (SSSR count). The number of fused-ring (bicyclic) bond motifs is 1. The molecule has 1 aromatic rings. The molecule has 164 valence electrons. The van der Waals surface area contributed by atoms with Gasteiger partial charge >= 0.3 is 0 Å². The quantitative estimate of drug-likeness (QED) is 0.763. The molecule has 0 bridgehead atoms. The van der Waals surface area contributed by atoms with Crippen molar-refractivity contribution in [3.63, 3.8) is 0 Å².